The number of aliphatic hydroxyl groups excluding tert-OH is 3. The van der Waals surface area contributed by atoms with E-state index in [1.54, 1.807) is 6.92 Å². The van der Waals surface area contributed by atoms with Crippen LogP contribution in [0.2, 0.25) is 0 Å². The van der Waals surface area contributed by atoms with Crippen LogP contribution in [0.3, 0.4) is 0 Å². The van der Waals surface area contributed by atoms with Gasteiger partial charge in [-0.2, -0.15) is 0 Å². The lowest BCUT2D eigenvalue weighted by atomic mass is 9.74. The second kappa shape index (κ2) is 11.6. The van der Waals surface area contributed by atoms with E-state index < -0.39 is 36.2 Å². The van der Waals surface area contributed by atoms with Gasteiger partial charge in [-0.15, -0.1) is 0 Å². The Labute approximate surface area is 159 Å². The van der Waals surface area contributed by atoms with Gasteiger partial charge in [0.1, 0.15) is 18.3 Å². The molecule has 1 aliphatic rings. The highest BCUT2D eigenvalue weighted by Gasteiger charge is 2.60. The average Bonchev–Trinajstić information content (AvgIpc) is 2.64. The normalized spacial score (nSPS) is 35.0. The molecular formula is C20H41NO5. The number of hydrogen-bond acceptors (Lipinski definition) is 6. The summed E-state index contributed by atoms with van der Waals surface area (Å²) in [6.45, 7) is 3.50. The van der Waals surface area contributed by atoms with Gasteiger partial charge in [0.2, 0.25) is 0 Å². The Bertz CT molecular complexity index is 383. The molecule has 6 nitrogen and oxygen atoms in total. The number of nitrogens with two attached hydrogens (primary N) is 1. The molecule has 1 heterocycles. The molecule has 0 aromatic heterocycles. The lowest BCUT2D eigenvalue weighted by Crippen LogP contribution is -2.76. The highest BCUT2D eigenvalue weighted by atomic mass is 16.7. The van der Waals surface area contributed by atoms with Crippen LogP contribution in [0, 0.1) is 0 Å². The highest BCUT2D eigenvalue weighted by Crippen LogP contribution is 2.40. The molecule has 1 fully saturated rings. The predicted molar refractivity (Wildman–Crippen MR) is 103 cm³/mol. The summed E-state index contributed by atoms with van der Waals surface area (Å²) >= 11 is 0. The topological polar surface area (TPSA) is 105 Å². The van der Waals surface area contributed by atoms with E-state index in [9.17, 15) is 15.3 Å². The van der Waals surface area contributed by atoms with Crippen LogP contribution in [0.25, 0.3) is 0 Å². The van der Waals surface area contributed by atoms with E-state index in [-0.39, 0.29) is 0 Å². The second-order valence-electron chi connectivity index (χ2n) is 7.90. The monoisotopic (exact) mass is 375 g/mol. The summed E-state index contributed by atoms with van der Waals surface area (Å²) in [6, 6.07) is 0. The molecular weight excluding hydrogens is 334 g/mol. The molecule has 1 unspecified atom stereocenters. The first kappa shape index (κ1) is 23.8. The fourth-order valence-electron chi connectivity index (χ4n) is 3.91. The van der Waals surface area contributed by atoms with E-state index in [2.05, 4.69) is 6.92 Å². The number of ether oxygens (including phenoxy) is 2. The summed E-state index contributed by atoms with van der Waals surface area (Å²) < 4.78 is 11.2. The van der Waals surface area contributed by atoms with Crippen molar-refractivity contribution in [1.29, 1.82) is 0 Å². The first-order chi connectivity index (χ1) is 12.4. The fourth-order valence-corrected chi connectivity index (χ4v) is 3.91. The maximum atomic E-state index is 10.6. The molecule has 0 spiro atoms. The molecule has 0 aromatic rings. The Morgan fingerprint density at radius 2 is 1.46 bits per heavy atom. The van der Waals surface area contributed by atoms with Crippen LogP contribution < -0.4 is 5.73 Å². The van der Waals surface area contributed by atoms with Gasteiger partial charge in [-0.3, -0.25) is 0 Å². The minimum Gasteiger partial charge on any atom is -0.394 e. The van der Waals surface area contributed by atoms with Crippen LogP contribution in [-0.4, -0.2) is 58.7 Å². The van der Waals surface area contributed by atoms with Crippen LogP contribution in [0.4, 0.5) is 0 Å². The van der Waals surface area contributed by atoms with E-state index >= 15 is 0 Å². The van der Waals surface area contributed by atoms with Crippen LogP contribution >= 0.6 is 0 Å². The van der Waals surface area contributed by atoms with E-state index in [0.29, 0.717) is 6.42 Å². The van der Waals surface area contributed by atoms with Gasteiger partial charge in [-0.05, 0) is 13.3 Å². The molecule has 1 rings (SSSR count). The number of methoxy groups -OCH3 is 1. The van der Waals surface area contributed by atoms with Crippen LogP contribution in [0.5, 0.6) is 0 Å². The van der Waals surface area contributed by atoms with Crippen molar-refractivity contribution in [2.24, 2.45) is 5.73 Å². The van der Waals surface area contributed by atoms with Gasteiger partial charge in [0, 0.05) is 7.11 Å². The van der Waals surface area contributed by atoms with E-state index in [1.807, 2.05) is 0 Å². The highest BCUT2D eigenvalue weighted by molar-refractivity contribution is 5.09. The van der Waals surface area contributed by atoms with Crippen molar-refractivity contribution in [3.8, 4) is 0 Å². The van der Waals surface area contributed by atoms with Gasteiger partial charge in [0.15, 0.2) is 5.79 Å². The number of aliphatic hydroxyl groups is 3. The van der Waals surface area contributed by atoms with Gasteiger partial charge < -0.3 is 30.5 Å². The summed E-state index contributed by atoms with van der Waals surface area (Å²) in [5.41, 5.74) is 5.25. The molecule has 0 saturated carbocycles. The summed E-state index contributed by atoms with van der Waals surface area (Å²) in [4.78, 5) is 0. The molecule has 0 aromatic carbocycles. The average molecular weight is 376 g/mol. The standard InChI is InChI=1S/C20H41NO5/c1-4-5-6-7-8-9-10-11-12-13-14-20(21)18(24)17(23)16(15-22)26-19(20,2)25-3/h16-18,22-24H,4-15,21H2,1-3H3/t16-,17-,18+,19?,20+/m1/s1. The smallest absolute Gasteiger partial charge is 0.186 e. The van der Waals surface area contributed by atoms with Crippen molar-refractivity contribution < 1.29 is 24.8 Å². The van der Waals surface area contributed by atoms with Gasteiger partial charge >= 0.3 is 0 Å². The molecule has 6 heteroatoms. The summed E-state index contributed by atoms with van der Waals surface area (Å²) in [5, 5.41) is 30.1. The number of rotatable bonds is 13. The molecule has 26 heavy (non-hydrogen) atoms. The SMILES string of the molecule is CCCCCCCCCCCC[C@]1(N)[C@@H](O)[C@H](O)[C@@H](CO)OC1(C)OC. The van der Waals surface area contributed by atoms with Crippen molar-refractivity contribution in [2.45, 2.75) is 114 Å². The minimum absolute atomic E-state index is 0.397. The zero-order valence-electron chi connectivity index (χ0n) is 17.0. The third-order valence-corrected chi connectivity index (χ3v) is 5.97. The third-order valence-electron chi connectivity index (χ3n) is 5.97. The molecule has 1 aliphatic heterocycles. The Kier molecular flexibility index (Phi) is 10.6. The zero-order valence-corrected chi connectivity index (χ0v) is 17.0. The summed E-state index contributed by atoms with van der Waals surface area (Å²) in [5.74, 6) is -1.25. The second-order valence-corrected chi connectivity index (χ2v) is 7.90. The summed E-state index contributed by atoms with van der Waals surface area (Å²) in [6.07, 6.45) is 9.26. The number of unbranched alkanes of at least 4 members (excludes halogenated alkanes) is 9. The largest absolute Gasteiger partial charge is 0.394 e. The fraction of sp³-hybridized carbons (Fsp3) is 1.00. The lowest BCUT2D eigenvalue weighted by Gasteiger charge is -2.54. The van der Waals surface area contributed by atoms with Crippen LogP contribution in [-0.2, 0) is 9.47 Å². The Balaban J connectivity index is 2.39. The lowest BCUT2D eigenvalue weighted by molar-refractivity contribution is -0.344. The van der Waals surface area contributed by atoms with Crippen molar-refractivity contribution >= 4 is 0 Å². The van der Waals surface area contributed by atoms with Gasteiger partial charge in [0.05, 0.1) is 12.1 Å². The first-order valence-electron chi connectivity index (χ1n) is 10.3. The molecule has 1 saturated heterocycles. The first-order valence-corrected chi connectivity index (χ1v) is 10.3. The maximum absolute atomic E-state index is 10.6. The molecule has 0 amide bonds. The van der Waals surface area contributed by atoms with Crippen LogP contribution in [0.1, 0.15) is 84.5 Å². The molecule has 156 valence electrons. The predicted octanol–water partition coefficient (Wildman–Crippen LogP) is 2.47. The van der Waals surface area contributed by atoms with Gasteiger partial charge in [-0.1, -0.05) is 71.1 Å². The Morgan fingerprint density at radius 3 is 1.92 bits per heavy atom. The Morgan fingerprint density at radius 1 is 0.962 bits per heavy atom. The van der Waals surface area contributed by atoms with E-state index in [0.717, 1.165) is 19.3 Å². The molecule has 0 bridgehead atoms. The van der Waals surface area contributed by atoms with E-state index in [1.165, 1.54) is 52.1 Å². The minimum atomic E-state index is -1.25. The van der Waals surface area contributed by atoms with E-state index in [4.69, 9.17) is 15.2 Å². The van der Waals surface area contributed by atoms with Crippen molar-refractivity contribution in [3.05, 3.63) is 0 Å². The molecule has 0 aliphatic carbocycles. The zero-order chi connectivity index (χ0) is 19.6. The molecule has 0 radical (unpaired) electrons. The van der Waals surface area contributed by atoms with Crippen molar-refractivity contribution in [1.82, 2.24) is 0 Å². The van der Waals surface area contributed by atoms with Crippen LogP contribution in [0.15, 0.2) is 0 Å². The summed E-state index contributed by atoms with van der Waals surface area (Å²) in [7, 11) is 1.47. The molecule has 5 atom stereocenters. The maximum Gasteiger partial charge on any atom is 0.186 e. The van der Waals surface area contributed by atoms with Crippen molar-refractivity contribution in [2.75, 3.05) is 13.7 Å². The van der Waals surface area contributed by atoms with Crippen molar-refractivity contribution in [3.63, 3.8) is 0 Å². The Hall–Kier alpha value is -0.240. The molecule has 5 N–H and O–H groups in total. The quantitative estimate of drug-likeness (QED) is 0.369. The third kappa shape index (κ3) is 5.88. The number of hydrogen-bond donors (Lipinski definition) is 4. The van der Waals surface area contributed by atoms with Gasteiger partial charge in [0.25, 0.3) is 0 Å². The van der Waals surface area contributed by atoms with Gasteiger partial charge in [-0.25, -0.2) is 0 Å².